The van der Waals surface area contributed by atoms with E-state index in [0.29, 0.717) is 0 Å². The summed E-state index contributed by atoms with van der Waals surface area (Å²) in [6.07, 6.45) is 39.0. The summed E-state index contributed by atoms with van der Waals surface area (Å²) in [4.78, 5) is 0. The first kappa shape index (κ1) is 26.5. The zero-order chi connectivity index (χ0) is 19.7. The molecule has 0 atom stereocenters. The first-order chi connectivity index (χ1) is 13.4. The third-order valence-electron chi connectivity index (χ3n) is 5.53. The first-order valence-corrected chi connectivity index (χ1v) is 12.7. The smallest absolute Gasteiger partial charge is 0.0351 e. The Labute approximate surface area is 173 Å². The number of unbranched alkanes of at least 4 members (excludes halogenated alkanes) is 18. The molecule has 27 heavy (non-hydrogen) atoms. The molecule has 0 rings (SSSR count). The van der Waals surface area contributed by atoms with Crippen LogP contribution in [0.15, 0.2) is 24.3 Å². The van der Waals surface area contributed by atoms with E-state index in [2.05, 4.69) is 38.2 Å². The molecule has 0 saturated heterocycles. The highest BCUT2D eigenvalue weighted by Crippen LogP contribution is 2.14. The Bertz CT molecular complexity index is 299. The van der Waals surface area contributed by atoms with Crippen molar-refractivity contribution in [3.05, 3.63) is 24.3 Å². The van der Waals surface area contributed by atoms with Crippen LogP contribution < -0.4 is 0 Å². The van der Waals surface area contributed by atoms with Gasteiger partial charge in [-0.2, -0.15) is 0 Å². The third kappa shape index (κ3) is 25.5. The maximum absolute atomic E-state index is 2.42. The van der Waals surface area contributed by atoms with Gasteiger partial charge < -0.3 is 0 Å². The Kier molecular flexibility index (Phi) is 25.0. The van der Waals surface area contributed by atoms with Crippen molar-refractivity contribution >= 4 is 0 Å². The Morgan fingerprint density at radius 1 is 0.333 bits per heavy atom. The van der Waals surface area contributed by atoms with Gasteiger partial charge in [0.15, 0.2) is 0 Å². The van der Waals surface area contributed by atoms with Gasteiger partial charge in [0.05, 0.1) is 0 Å². The van der Waals surface area contributed by atoms with Crippen LogP contribution in [0.1, 0.15) is 149 Å². The van der Waals surface area contributed by atoms with Gasteiger partial charge in [-0.3, -0.25) is 0 Å². The number of rotatable bonds is 22. The molecule has 0 radical (unpaired) electrons. The molecule has 0 fully saturated rings. The average molecular weight is 377 g/mol. The van der Waals surface area contributed by atoms with Crippen LogP contribution in [0.25, 0.3) is 0 Å². The number of hydrogen-bond acceptors (Lipinski definition) is 0. The van der Waals surface area contributed by atoms with Crippen molar-refractivity contribution in [3.63, 3.8) is 0 Å². The minimum Gasteiger partial charge on any atom is -0.0888 e. The molecule has 0 aromatic rings. The van der Waals surface area contributed by atoms with Crippen LogP contribution in [0.4, 0.5) is 0 Å². The average Bonchev–Trinajstić information content (AvgIpc) is 2.68. The summed E-state index contributed by atoms with van der Waals surface area (Å²) in [7, 11) is 0. The van der Waals surface area contributed by atoms with E-state index in [4.69, 9.17) is 0 Å². The molecule has 0 heteroatoms. The third-order valence-corrected chi connectivity index (χ3v) is 5.53. The zero-order valence-corrected chi connectivity index (χ0v) is 19.2. The van der Waals surface area contributed by atoms with Gasteiger partial charge >= 0.3 is 0 Å². The molecule has 0 spiro atoms. The van der Waals surface area contributed by atoms with Crippen molar-refractivity contribution in [1.29, 1.82) is 0 Å². The van der Waals surface area contributed by atoms with Gasteiger partial charge in [0.25, 0.3) is 0 Å². The lowest BCUT2D eigenvalue weighted by molar-refractivity contribution is 0.533. The molecule has 0 saturated carbocycles. The van der Waals surface area contributed by atoms with Gasteiger partial charge in [-0.15, -0.1) is 0 Å². The fraction of sp³-hybridized carbons (Fsp3) is 0.852. The molecular formula is C27H52. The predicted molar refractivity (Wildman–Crippen MR) is 127 cm³/mol. The molecule has 160 valence electrons. The van der Waals surface area contributed by atoms with E-state index >= 15 is 0 Å². The maximum Gasteiger partial charge on any atom is -0.0351 e. The summed E-state index contributed by atoms with van der Waals surface area (Å²) in [5.74, 6) is 0. The number of allylic oxidation sites excluding steroid dienone is 4. The van der Waals surface area contributed by atoms with E-state index < -0.39 is 0 Å². The molecule has 0 bridgehead atoms. The second-order valence-corrected chi connectivity index (χ2v) is 8.37. The van der Waals surface area contributed by atoms with Gasteiger partial charge in [0, 0.05) is 0 Å². The van der Waals surface area contributed by atoms with E-state index in [-0.39, 0.29) is 0 Å². The van der Waals surface area contributed by atoms with Crippen LogP contribution in [0.5, 0.6) is 0 Å². The lowest BCUT2D eigenvalue weighted by Gasteiger charge is -2.03. The fourth-order valence-electron chi connectivity index (χ4n) is 3.68. The quantitative estimate of drug-likeness (QED) is 0.130. The highest BCUT2D eigenvalue weighted by atomic mass is 14.0. The molecule has 0 aromatic carbocycles. The standard InChI is InChI=1S/C27H52/c1-3-5-7-9-11-13-15-17-19-21-23-25-27-26-24-22-20-18-16-14-12-10-8-6-4-2/h5,7,17,19H,3-4,6,8-16,18,20-27H2,1-2H3/b7-5+,19-17+. The zero-order valence-electron chi connectivity index (χ0n) is 19.2. The van der Waals surface area contributed by atoms with Crippen molar-refractivity contribution in [2.45, 2.75) is 149 Å². The maximum atomic E-state index is 2.42. The second kappa shape index (κ2) is 25.5. The van der Waals surface area contributed by atoms with Crippen molar-refractivity contribution < 1.29 is 0 Å². The monoisotopic (exact) mass is 376 g/mol. The fourth-order valence-corrected chi connectivity index (χ4v) is 3.68. The normalized spacial score (nSPS) is 11.9. The lowest BCUT2D eigenvalue weighted by atomic mass is 10.0. The van der Waals surface area contributed by atoms with Crippen LogP contribution in [0.3, 0.4) is 0 Å². The predicted octanol–water partition coefficient (Wildman–Crippen LogP) is 10.3. The molecule has 0 amide bonds. The Morgan fingerprint density at radius 3 is 1.00 bits per heavy atom. The van der Waals surface area contributed by atoms with Crippen molar-refractivity contribution in [2.75, 3.05) is 0 Å². The lowest BCUT2D eigenvalue weighted by Crippen LogP contribution is -1.83. The van der Waals surface area contributed by atoms with Gasteiger partial charge in [-0.1, -0.05) is 128 Å². The molecule has 0 aliphatic carbocycles. The minimum absolute atomic E-state index is 1.18. The van der Waals surface area contributed by atoms with Crippen LogP contribution in [-0.4, -0.2) is 0 Å². The number of hydrogen-bond donors (Lipinski definition) is 0. The summed E-state index contributed by atoms with van der Waals surface area (Å²) in [5.41, 5.74) is 0. The first-order valence-electron chi connectivity index (χ1n) is 12.7. The minimum atomic E-state index is 1.18. The molecule has 0 heterocycles. The van der Waals surface area contributed by atoms with E-state index in [1.165, 1.54) is 135 Å². The van der Waals surface area contributed by atoms with E-state index in [1.807, 2.05) is 0 Å². The molecule has 0 aliphatic rings. The Hall–Kier alpha value is -0.520. The van der Waals surface area contributed by atoms with E-state index in [1.54, 1.807) is 0 Å². The molecule has 0 N–H and O–H groups in total. The van der Waals surface area contributed by atoms with E-state index in [0.717, 1.165) is 0 Å². The molecule has 0 aliphatic heterocycles. The van der Waals surface area contributed by atoms with Crippen LogP contribution in [0.2, 0.25) is 0 Å². The SMILES string of the molecule is CC/C=C/CCCC/C=C/CCCCCCCCCCCCCCCCC. The molecule has 0 nitrogen and oxygen atoms in total. The summed E-state index contributed by atoms with van der Waals surface area (Å²) < 4.78 is 0. The van der Waals surface area contributed by atoms with Crippen molar-refractivity contribution in [2.24, 2.45) is 0 Å². The Morgan fingerprint density at radius 2 is 0.630 bits per heavy atom. The van der Waals surface area contributed by atoms with Crippen LogP contribution >= 0.6 is 0 Å². The summed E-state index contributed by atoms with van der Waals surface area (Å²) >= 11 is 0. The highest BCUT2D eigenvalue weighted by Gasteiger charge is 1.94. The van der Waals surface area contributed by atoms with Gasteiger partial charge in [0.1, 0.15) is 0 Å². The Balaban J connectivity index is 3.06. The van der Waals surface area contributed by atoms with Gasteiger partial charge in [-0.25, -0.2) is 0 Å². The summed E-state index contributed by atoms with van der Waals surface area (Å²) in [6.45, 7) is 4.50. The highest BCUT2D eigenvalue weighted by molar-refractivity contribution is 4.83. The van der Waals surface area contributed by atoms with E-state index in [9.17, 15) is 0 Å². The van der Waals surface area contributed by atoms with Crippen LogP contribution in [-0.2, 0) is 0 Å². The molecular weight excluding hydrogens is 324 g/mol. The van der Waals surface area contributed by atoms with Crippen molar-refractivity contribution in [1.82, 2.24) is 0 Å². The van der Waals surface area contributed by atoms with Crippen LogP contribution in [0, 0.1) is 0 Å². The summed E-state index contributed by atoms with van der Waals surface area (Å²) in [5, 5.41) is 0. The molecule has 0 aromatic heterocycles. The van der Waals surface area contributed by atoms with Gasteiger partial charge in [0.2, 0.25) is 0 Å². The topological polar surface area (TPSA) is 0 Å². The molecule has 0 unspecified atom stereocenters. The van der Waals surface area contributed by atoms with Crippen molar-refractivity contribution in [3.8, 4) is 0 Å². The largest absolute Gasteiger partial charge is 0.0888 e. The van der Waals surface area contributed by atoms with Gasteiger partial charge in [-0.05, 0) is 44.9 Å². The second-order valence-electron chi connectivity index (χ2n) is 8.37. The summed E-state index contributed by atoms with van der Waals surface area (Å²) in [6, 6.07) is 0.